The standard InChI is InChI=1S/C4H4N2O/c7-4-1-2-5-3-6-4/h2-3H,1H2. The Hall–Kier alpha value is -0.860. The number of carbonyl (C=O) groups excluding carboxylic acids is 1. The number of carbonyl (C=O) groups is 1. The van der Waals surface area contributed by atoms with E-state index in [0.29, 0.717) is 6.42 Å². The van der Waals surface area contributed by atoms with E-state index in [1.54, 1.807) is 0 Å². The van der Waals surface area contributed by atoms with Crippen molar-refractivity contribution in [1.82, 2.24) is 5.32 Å². The summed E-state index contributed by atoms with van der Waals surface area (Å²) < 4.78 is 0. The molecule has 0 aromatic heterocycles. The lowest BCUT2D eigenvalue weighted by Gasteiger charge is -1.96. The molecule has 0 atom stereocenters. The van der Waals surface area contributed by atoms with Crippen molar-refractivity contribution in [2.75, 3.05) is 0 Å². The molecule has 36 valence electrons. The molecule has 0 saturated heterocycles. The molecule has 0 bridgehead atoms. The van der Waals surface area contributed by atoms with Crippen LogP contribution in [0.3, 0.4) is 0 Å². The SMILES string of the molecule is O=C1C[CH]N=C[N]1. The van der Waals surface area contributed by atoms with Crippen LogP contribution in [0.25, 0.3) is 0 Å². The number of amides is 1. The normalized spacial score (nSPS) is 19.1. The molecular weight excluding hydrogens is 92.1 g/mol. The van der Waals surface area contributed by atoms with Crippen LogP contribution in [0.4, 0.5) is 0 Å². The topological polar surface area (TPSA) is 43.5 Å². The smallest absolute Gasteiger partial charge is 0.249 e. The van der Waals surface area contributed by atoms with Gasteiger partial charge in [0.15, 0.2) is 0 Å². The van der Waals surface area contributed by atoms with Gasteiger partial charge >= 0.3 is 0 Å². The van der Waals surface area contributed by atoms with Gasteiger partial charge in [0.1, 0.15) is 6.34 Å². The molecule has 2 radical (unpaired) electrons. The third kappa shape index (κ3) is 0.994. The number of nitrogens with zero attached hydrogens (tertiary/aromatic N) is 2. The van der Waals surface area contributed by atoms with Gasteiger partial charge in [0.25, 0.3) is 0 Å². The molecule has 1 rings (SSSR count). The third-order valence-electron chi connectivity index (χ3n) is 0.640. The van der Waals surface area contributed by atoms with Crippen LogP contribution >= 0.6 is 0 Å². The van der Waals surface area contributed by atoms with Gasteiger partial charge in [0.2, 0.25) is 5.91 Å². The monoisotopic (exact) mass is 96.0 g/mol. The largest absolute Gasteiger partial charge is 0.272 e. The van der Waals surface area contributed by atoms with E-state index in [4.69, 9.17) is 0 Å². The molecule has 3 nitrogen and oxygen atoms in total. The highest BCUT2D eigenvalue weighted by molar-refractivity contribution is 5.89. The van der Waals surface area contributed by atoms with Gasteiger partial charge in [-0.1, -0.05) is 0 Å². The average Bonchev–Trinajstić information content (AvgIpc) is 1.69. The fourth-order valence-electron chi connectivity index (χ4n) is 0.328. The predicted molar refractivity (Wildman–Crippen MR) is 24.5 cm³/mol. The molecule has 0 aromatic rings. The summed E-state index contributed by atoms with van der Waals surface area (Å²) in [6.45, 7) is 1.54. The first-order chi connectivity index (χ1) is 3.39. The second kappa shape index (κ2) is 1.73. The lowest BCUT2D eigenvalue weighted by atomic mass is 10.4. The first-order valence-electron chi connectivity index (χ1n) is 1.96. The summed E-state index contributed by atoms with van der Waals surface area (Å²) in [5.74, 6) is -0.116. The van der Waals surface area contributed by atoms with Crippen molar-refractivity contribution in [1.29, 1.82) is 0 Å². The van der Waals surface area contributed by atoms with Crippen molar-refractivity contribution in [2.24, 2.45) is 4.99 Å². The summed E-state index contributed by atoms with van der Waals surface area (Å²) in [4.78, 5) is 13.8. The molecule has 0 aromatic carbocycles. The summed E-state index contributed by atoms with van der Waals surface area (Å²) >= 11 is 0. The van der Waals surface area contributed by atoms with Crippen molar-refractivity contribution in [3.8, 4) is 0 Å². The minimum absolute atomic E-state index is 0.116. The Labute approximate surface area is 41.4 Å². The Morgan fingerprint density at radius 1 is 1.71 bits per heavy atom. The molecule has 1 amide bonds. The Bertz CT molecular complexity index is 108. The van der Waals surface area contributed by atoms with Crippen molar-refractivity contribution in [3.63, 3.8) is 0 Å². The van der Waals surface area contributed by atoms with E-state index in [0.717, 1.165) is 0 Å². The average molecular weight is 96.1 g/mol. The van der Waals surface area contributed by atoms with Gasteiger partial charge in [-0.15, -0.1) is 0 Å². The molecule has 1 aliphatic heterocycles. The van der Waals surface area contributed by atoms with Gasteiger partial charge in [-0.3, -0.25) is 9.79 Å². The van der Waals surface area contributed by atoms with Gasteiger partial charge in [-0.25, -0.2) is 5.32 Å². The summed E-state index contributed by atoms with van der Waals surface area (Å²) in [5, 5.41) is 3.37. The molecule has 1 heterocycles. The molecule has 3 heteroatoms. The second-order valence-corrected chi connectivity index (χ2v) is 1.17. The zero-order chi connectivity index (χ0) is 5.11. The fourth-order valence-corrected chi connectivity index (χ4v) is 0.328. The fraction of sp³-hybridized carbons (Fsp3) is 0.250. The van der Waals surface area contributed by atoms with Crippen molar-refractivity contribution in [3.05, 3.63) is 6.54 Å². The first-order valence-corrected chi connectivity index (χ1v) is 1.96. The quantitative estimate of drug-likeness (QED) is 0.408. The summed E-state index contributed by atoms with van der Waals surface area (Å²) in [7, 11) is 0. The Morgan fingerprint density at radius 2 is 2.57 bits per heavy atom. The van der Waals surface area contributed by atoms with Crippen LogP contribution in [0.5, 0.6) is 0 Å². The minimum Gasteiger partial charge on any atom is -0.272 e. The van der Waals surface area contributed by atoms with Gasteiger partial charge in [0, 0.05) is 0 Å². The van der Waals surface area contributed by atoms with Crippen LogP contribution in [-0.2, 0) is 4.79 Å². The molecule has 0 unspecified atom stereocenters. The molecule has 0 spiro atoms. The third-order valence-corrected chi connectivity index (χ3v) is 0.640. The van der Waals surface area contributed by atoms with Crippen LogP contribution < -0.4 is 5.32 Å². The van der Waals surface area contributed by atoms with Crippen LogP contribution in [0, 0.1) is 6.54 Å². The van der Waals surface area contributed by atoms with Crippen LogP contribution in [0.1, 0.15) is 6.42 Å². The van der Waals surface area contributed by atoms with Crippen LogP contribution in [-0.4, -0.2) is 12.2 Å². The zero-order valence-corrected chi connectivity index (χ0v) is 3.66. The number of aliphatic imine (C=N–C) groups is 1. The number of hydrogen-bond donors (Lipinski definition) is 0. The van der Waals surface area contributed by atoms with Gasteiger partial charge in [-0.2, -0.15) is 0 Å². The molecule has 0 saturated carbocycles. The van der Waals surface area contributed by atoms with Crippen molar-refractivity contribution in [2.45, 2.75) is 6.42 Å². The van der Waals surface area contributed by atoms with E-state index in [2.05, 4.69) is 10.3 Å². The van der Waals surface area contributed by atoms with E-state index in [9.17, 15) is 4.79 Å². The Morgan fingerprint density at radius 3 is 2.86 bits per heavy atom. The predicted octanol–water partition coefficient (Wildman–Crippen LogP) is -0.289. The molecule has 7 heavy (non-hydrogen) atoms. The first kappa shape index (κ1) is 4.30. The molecular formula is C4H4N2O. The van der Waals surface area contributed by atoms with E-state index in [1.807, 2.05) is 0 Å². The lowest BCUT2D eigenvalue weighted by Crippen LogP contribution is -2.16. The van der Waals surface area contributed by atoms with E-state index in [-0.39, 0.29) is 5.91 Å². The highest BCUT2D eigenvalue weighted by Crippen LogP contribution is 1.91. The van der Waals surface area contributed by atoms with Crippen molar-refractivity contribution < 1.29 is 4.79 Å². The Balaban J connectivity index is 2.47. The van der Waals surface area contributed by atoms with Crippen LogP contribution in [0.2, 0.25) is 0 Å². The van der Waals surface area contributed by atoms with E-state index in [1.165, 1.54) is 12.9 Å². The van der Waals surface area contributed by atoms with Crippen molar-refractivity contribution >= 4 is 12.2 Å². The zero-order valence-electron chi connectivity index (χ0n) is 3.66. The summed E-state index contributed by atoms with van der Waals surface area (Å²) in [5.41, 5.74) is 0. The number of hydrogen-bond acceptors (Lipinski definition) is 2. The second-order valence-electron chi connectivity index (χ2n) is 1.17. The highest BCUT2D eigenvalue weighted by atomic mass is 16.1. The molecule has 0 fully saturated rings. The van der Waals surface area contributed by atoms with E-state index >= 15 is 0 Å². The van der Waals surface area contributed by atoms with E-state index < -0.39 is 0 Å². The molecule has 1 aliphatic rings. The summed E-state index contributed by atoms with van der Waals surface area (Å²) in [6, 6.07) is 0. The van der Waals surface area contributed by atoms with Gasteiger partial charge < -0.3 is 0 Å². The lowest BCUT2D eigenvalue weighted by molar-refractivity contribution is -0.119. The molecule has 0 N–H and O–H groups in total. The van der Waals surface area contributed by atoms with Gasteiger partial charge in [0.05, 0.1) is 13.0 Å². The van der Waals surface area contributed by atoms with Gasteiger partial charge in [-0.05, 0) is 0 Å². The summed E-state index contributed by atoms with van der Waals surface area (Å²) in [6.07, 6.45) is 1.61. The minimum atomic E-state index is -0.116. The Kier molecular flexibility index (Phi) is 1.06. The highest BCUT2D eigenvalue weighted by Gasteiger charge is 2.02. The maximum absolute atomic E-state index is 10.2. The maximum Gasteiger partial charge on any atom is 0.249 e. The maximum atomic E-state index is 10.2. The van der Waals surface area contributed by atoms with Crippen LogP contribution in [0.15, 0.2) is 4.99 Å². The number of rotatable bonds is 0. The molecule has 0 aliphatic carbocycles.